The number of halogens is 3. The molecule has 0 aliphatic carbocycles. The first-order valence-electron chi connectivity index (χ1n) is 6.45. The summed E-state index contributed by atoms with van der Waals surface area (Å²) < 4.78 is 5.02. The zero-order chi connectivity index (χ0) is 15.1. The second kappa shape index (κ2) is 10.5. The van der Waals surface area contributed by atoms with E-state index in [0.29, 0.717) is 29.2 Å². The molecule has 2 unspecified atom stereocenters. The van der Waals surface area contributed by atoms with Crippen molar-refractivity contribution >= 4 is 53.1 Å². The average Bonchev–Trinajstić information content (AvgIpc) is 2.36. The van der Waals surface area contributed by atoms with Crippen LogP contribution < -0.4 is 11.1 Å². The molecule has 3 N–H and O–H groups in total. The van der Waals surface area contributed by atoms with Gasteiger partial charge in [-0.15, -0.1) is 24.0 Å². The van der Waals surface area contributed by atoms with Crippen LogP contribution in [0.15, 0.2) is 23.2 Å². The van der Waals surface area contributed by atoms with E-state index in [1.165, 1.54) is 0 Å². The van der Waals surface area contributed by atoms with E-state index in [-0.39, 0.29) is 35.9 Å². The minimum absolute atomic E-state index is 0. The first-order valence-corrected chi connectivity index (χ1v) is 7.20. The molecule has 0 heterocycles. The maximum Gasteiger partial charge on any atom is 0.188 e. The highest BCUT2D eigenvalue weighted by Gasteiger charge is 2.13. The van der Waals surface area contributed by atoms with Crippen molar-refractivity contribution < 1.29 is 4.74 Å². The Morgan fingerprint density at radius 3 is 2.43 bits per heavy atom. The topological polar surface area (TPSA) is 59.6 Å². The van der Waals surface area contributed by atoms with Crippen molar-refractivity contribution in [1.82, 2.24) is 5.32 Å². The number of nitrogens with one attached hydrogen (secondary N) is 1. The van der Waals surface area contributed by atoms with Crippen LogP contribution in [-0.4, -0.2) is 32.3 Å². The van der Waals surface area contributed by atoms with Crippen LogP contribution in [0.4, 0.5) is 0 Å². The van der Waals surface area contributed by atoms with E-state index in [4.69, 9.17) is 33.7 Å². The van der Waals surface area contributed by atoms with Crippen LogP contribution in [0.5, 0.6) is 0 Å². The number of rotatable bonds is 6. The maximum absolute atomic E-state index is 6.17. The van der Waals surface area contributed by atoms with Crippen molar-refractivity contribution in [3.8, 4) is 0 Å². The van der Waals surface area contributed by atoms with E-state index in [2.05, 4.69) is 10.3 Å². The summed E-state index contributed by atoms with van der Waals surface area (Å²) in [6.07, 6.45) is 0. The molecule has 7 heteroatoms. The lowest BCUT2D eigenvalue weighted by Gasteiger charge is -2.16. The molecule has 21 heavy (non-hydrogen) atoms. The molecule has 0 aliphatic heterocycles. The molecule has 1 aromatic carbocycles. The smallest absolute Gasteiger partial charge is 0.188 e. The minimum Gasteiger partial charge on any atom is -0.383 e. The van der Waals surface area contributed by atoms with Gasteiger partial charge < -0.3 is 15.8 Å². The van der Waals surface area contributed by atoms with Crippen molar-refractivity contribution in [3.05, 3.63) is 33.8 Å². The molecule has 0 aromatic heterocycles. The second-order valence-corrected chi connectivity index (χ2v) is 5.58. The van der Waals surface area contributed by atoms with Gasteiger partial charge in [0.2, 0.25) is 0 Å². The zero-order valence-electron chi connectivity index (χ0n) is 12.4. The number of benzene rings is 1. The molecule has 0 saturated heterocycles. The Bertz CT molecular complexity index is 451. The summed E-state index contributed by atoms with van der Waals surface area (Å²) in [4.78, 5) is 4.32. The van der Waals surface area contributed by atoms with Gasteiger partial charge in [-0.1, -0.05) is 36.2 Å². The minimum atomic E-state index is 0. The Hall–Kier alpha value is -0.240. The Morgan fingerprint density at radius 1 is 1.33 bits per heavy atom. The van der Waals surface area contributed by atoms with Crippen LogP contribution in [-0.2, 0) is 4.74 Å². The van der Waals surface area contributed by atoms with Crippen molar-refractivity contribution in [2.75, 3.05) is 20.3 Å². The number of methoxy groups -OCH3 is 1. The standard InChI is InChI=1S/C14H21Cl2N3O.HI/c1-9(13-11(15)5-4-6-12(13)16)7-18-14(17)19-10(2)8-20-3;/h4-6,9-10H,7-8H2,1-3H3,(H3,17,18,19);1H. The molecule has 0 radical (unpaired) electrons. The van der Waals surface area contributed by atoms with Crippen LogP contribution in [0, 0.1) is 0 Å². The lowest BCUT2D eigenvalue weighted by atomic mass is 10.0. The lowest BCUT2D eigenvalue weighted by Crippen LogP contribution is -2.40. The summed E-state index contributed by atoms with van der Waals surface area (Å²) in [6, 6.07) is 5.59. The number of hydrogen-bond acceptors (Lipinski definition) is 2. The van der Waals surface area contributed by atoms with E-state index in [9.17, 15) is 0 Å². The largest absolute Gasteiger partial charge is 0.383 e. The summed E-state index contributed by atoms with van der Waals surface area (Å²) in [6.45, 7) is 5.08. The summed E-state index contributed by atoms with van der Waals surface area (Å²) in [5, 5.41) is 4.36. The molecule has 1 rings (SSSR count). The highest BCUT2D eigenvalue weighted by molar-refractivity contribution is 14.0. The number of nitrogens with zero attached hydrogens (tertiary/aromatic N) is 1. The molecule has 0 saturated carbocycles. The fourth-order valence-electron chi connectivity index (χ4n) is 1.90. The Balaban J connectivity index is 0.00000400. The van der Waals surface area contributed by atoms with Gasteiger partial charge in [-0.25, -0.2) is 0 Å². The highest BCUT2D eigenvalue weighted by Crippen LogP contribution is 2.31. The molecule has 0 aliphatic rings. The molecule has 1 aromatic rings. The molecule has 0 amide bonds. The molecule has 120 valence electrons. The average molecular weight is 446 g/mol. The van der Waals surface area contributed by atoms with Crippen LogP contribution in [0.1, 0.15) is 25.3 Å². The highest BCUT2D eigenvalue weighted by atomic mass is 127. The van der Waals surface area contributed by atoms with Crippen molar-refractivity contribution in [1.29, 1.82) is 0 Å². The Morgan fingerprint density at radius 2 is 1.90 bits per heavy atom. The number of ether oxygens (including phenoxy) is 1. The normalized spacial score (nSPS) is 14.2. The number of nitrogens with two attached hydrogens (primary N) is 1. The molecular formula is C14H22Cl2IN3O. The SMILES string of the molecule is COCC(C)NC(N)=NCC(C)c1c(Cl)cccc1Cl.I. The van der Waals surface area contributed by atoms with Gasteiger partial charge in [0.1, 0.15) is 0 Å². The lowest BCUT2D eigenvalue weighted by molar-refractivity contribution is 0.179. The van der Waals surface area contributed by atoms with Gasteiger partial charge >= 0.3 is 0 Å². The van der Waals surface area contributed by atoms with Gasteiger partial charge in [0, 0.05) is 35.7 Å². The predicted molar refractivity (Wildman–Crippen MR) is 101 cm³/mol. The van der Waals surface area contributed by atoms with Gasteiger partial charge in [-0.3, -0.25) is 4.99 Å². The molecule has 2 atom stereocenters. The van der Waals surface area contributed by atoms with Crippen LogP contribution >= 0.6 is 47.2 Å². The molecular weight excluding hydrogens is 424 g/mol. The number of guanidine groups is 1. The van der Waals surface area contributed by atoms with Gasteiger partial charge in [-0.05, 0) is 24.6 Å². The third-order valence-electron chi connectivity index (χ3n) is 2.84. The monoisotopic (exact) mass is 445 g/mol. The number of aliphatic imine (C=N–C) groups is 1. The fraction of sp³-hybridized carbons (Fsp3) is 0.500. The molecule has 0 spiro atoms. The van der Waals surface area contributed by atoms with Gasteiger partial charge in [0.15, 0.2) is 5.96 Å². The van der Waals surface area contributed by atoms with Gasteiger partial charge in [0.05, 0.1) is 6.61 Å². The van der Waals surface area contributed by atoms with Gasteiger partial charge in [-0.2, -0.15) is 0 Å². The first-order chi connectivity index (χ1) is 9.45. The summed E-state index contributed by atoms with van der Waals surface area (Å²) in [7, 11) is 1.65. The van der Waals surface area contributed by atoms with E-state index in [1.54, 1.807) is 7.11 Å². The summed E-state index contributed by atoms with van der Waals surface area (Å²) >= 11 is 12.3. The third kappa shape index (κ3) is 7.04. The Kier molecular flexibility index (Phi) is 10.4. The van der Waals surface area contributed by atoms with Crippen LogP contribution in [0.25, 0.3) is 0 Å². The van der Waals surface area contributed by atoms with Crippen molar-refractivity contribution in [2.45, 2.75) is 25.8 Å². The molecule has 0 fully saturated rings. The van der Waals surface area contributed by atoms with E-state index in [0.717, 1.165) is 5.56 Å². The predicted octanol–water partition coefficient (Wildman–Crippen LogP) is 3.65. The first kappa shape index (κ1) is 20.8. The maximum atomic E-state index is 6.17. The Labute approximate surface area is 153 Å². The van der Waals surface area contributed by atoms with Gasteiger partial charge in [0.25, 0.3) is 0 Å². The van der Waals surface area contributed by atoms with Crippen LogP contribution in [0.3, 0.4) is 0 Å². The van der Waals surface area contributed by atoms with Crippen molar-refractivity contribution in [2.24, 2.45) is 10.7 Å². The van der Waals surface area contributed by atoms with Crippen molar-refractivity contribution in [3.63, 3.8) is 0 Å². The summed E-state index contributed by atoms with van der Waals surface area (Å²) in [5.74, 6) is 0.485. The molecule has 4 nitrogen and oxygen atoms in total. The third-order valence-corrected chi connectivity index (χ3v) is 3.50. The quantitative estimate of drug-likeness (QED) is 0.399. The molecule has 0 bridgehead atoms. The van der Waals surface area contributed by atoms with E-state index >= 15 is 0 Å². The van der Waals surface area contributed by atoms with E-state index in [1.807, 2.05) is 32.0 Å². The number of hydrogen-bond donors (Lipinski definition) is 2. The van der Waals surface area contributed by atoms with E-state index < -0.39 is 0 Å². The summed E-state index contributed by atoms with van der Waals surface area (Å²) in [5.41, 5.74) is 6.73. The zero-order valence-corrected chi connectivity index (χ0v) is 16.2. The van der Waals surface area contributed by atoms with Crippen LogP contribution in [0.2, 0.25) is 10.0 Å². The second-order valence-electron chi connectivity index (χ2n) is 4.76. The fourth-order valence-corrected chi connectivity index (χ4v) is 2.67.